The van der Waals surface area contributed by atoms with Crippen molar-refractivity contribution < 1.29 is 4.39 Å². The number of nitrogens with zero attached hydrogens (tertiary/aromatic N) is 3. The lowest BCUT2D eigenvalue weighted by Crippen LogP contribution is -2.21. The van der Waals surface area contributed by atoms with E-state index >= 15 is 0 Å². The first-order valence-corrected chi connectivity index (χ1v) is 9.24. The fourth-order valence-electron chi connectivity index (χ4n) is 3.71. The molecule has 5 nitrogen and oxygen atoms in total. The van der Waals surface area contributed by atoms with E-state index in [4.69, 9.17) is 0 Å². The Morgan fingerprint density at radius 2 is 1.93 bits per heavy atom. The molecule has 2 aromatic carbocycles. The summed E-state index contributed by atoms with van der Waals surface area (Å²) in [6.45, 7) is 4.09. The zero-order chi connectivity index (χ0) is 20.0. The molecule has 1 aliphatic rings. The number of nitrogens with one attached hydrogen (secondary N) is 1. The zero-order valence-corrected chi connectivity index (χ0v) is 15.5. The van der Waals surface area contributed by atoms with Gasteiger partial charge in [0, 0.05) is 29.6 Å². The van der Waals surface area contributed by atoms with Crippen LogP contribution in [0.15, 0.2) is 78.1 Å². The van der Waals surface area contributed by atoms with Gasteiger partial charge in [-0.05, 0) is 41.0 Å². The predicted octanol–water partition coefficient (Wildman–Crippen LogP) is 4.13. The second kappa shape index (κ2) is 6.67. The first-order chi connectivity index (χ1) is 14.1. The number of pyridine rings is 1. The lowest BCUT2D eigenvalue weighted by atomic mass is 10.00. The van der Waals surface area contributed by atoms with Crippen molar-refractivity contribution in [2.24, 2.45) is 0 Å². The average molecular weight is 384 g/mol. The van der Waals surface area contributed by atoms with Crippen LogP contribution in [0.2, 0.25) is 0 Å². The molecule has 0 unspecified atom stereocenters. The second-order valence-electron chi connectivity index (χ2n) is 7.13. The van der Waals surface area contributed by atoms with Crippen LogP contribution < -0.4 is 10.9 Å². The Morgan fingerprint density at radius 1 is 1.10 bits per heavy atom. The highest BCUT2D eigenvalue weighted by Crippen LogP contribution is 2.32. The van der Waals surface area contributed by atoms with Crippen LogP contribution in [0, 0.1) is 5.82 Å². The Balaban J connectivity index is 1.50. The van der Waals surface area contributed by atoms with Crippen molar-refractivity contribution in [2.45, 2.75) is 13.0 Å². The summed E-state index contributed by atoms with van der Waals surface area (Å²) in [6.07, 6.45) is 5.19. The summed E-state index contributed by atoms with van der Waals surface area (Å²) in [5.74, 6) is -0.351. The number of anilines is 1. The SMILES string of the molecule is C=C1Cc2cc(-c3ccc(Cn4c(=O)cnc5cnccc54)c(F)c3)ccc2N1. The van der Waals surface area contributed by atoms with E-state index < -0.39 is 0 Å². The molecule has 1 N–H and O–H groups in total. The lowest BCUT2D eigenvalue weighted by Gasteiger charge is -2.11. The number of allylic oxidation sites excluding steroid dienone is 1. The smallest absolute Gasteiger partial charge is 0.269 e. The minimum atomic E-state index is -0.351. The molecule has 5 rings (SSSR count). The maximum Gasteiger partial charge on any atom is 0.269 e. The number of halogens is 1. The number of aromatic nitrogens is 3. The van der Waals surface area contributed by atoms with Crippen LogP contribution in [0.1, 0.15) is 11.1 Å². The number of hydrogen-bond acceptors (Lipinski definition) is 4. The number of benzene rings is 2. The molecule has 4 aromatic rings. The molecule has 0 saturated carbocycles. The Bertz CT molecular complexity index is 1340. The van der Waals surface area contributed by atoms with Crippen LogP contribution in [-0.2, 0) is 13.0 Å². The standard InChI is InChI=1S/C23H17FN4O/c1-14-8-18-9-15(4-5-20(18)27-14)16-2-3-17(19(24)10-16)13-28-22-6-7-25-11-21(22)26-12-23(28)29/h2-7,9-12,27H,1,8,13H2. The summed E-state index contributed by atoms with van der Waals surface area (Å²) < 4.78 is 16.4. The van der Waals surface area contributed by atoms with Gasteiger partial charge in [-0.1, -0.05) is 24.8 Å². The van der Waals surface area contributed by atoms with Crippen LogP contribution in [0.25, 0.3) is 22.2 Å². The number of hydrogen-bond donors (Lipinski definition) is 1. The van der Waals surface area contributed by atoms with E-state index in [1.165, 1.54) is 16.8 Å². The quantitative estimate of drug-likeness (QED) is 0.577. The Hall–Kier alpha value is -3.80. The Labute approximate surface area is 166 Å². The largest absolute Gasteiger partial charge is 0.359 e. The Kier molecular flexibility index (Phi) is 3.98. The summed E-state index contributed by atoms with van der Waals surface area (Å²) in [7, 11) is 0. The highest BCUT2D eigenvalue weighted by atomic mass is 19.1. The van der Waals surface area contributed by atoms with Gasteiger partial charge in [-0.25, -0.2) is 9.37 Å². The van der Waals surface area contributed by atoms with Crippen LogP contribution >= 0.6 is 0 Å². The van der Waals surface area contributed by atoms with Crippen molar-refractivity contribution in [3.63, 3.8) is 0 Å². The first-order valence-electron chi connectivity index (χ1n) is 9.24. The molecular formula is C23H17FN4O. The van der Waals surface area contributed by atoms with Gasteiger partial charge in [0.25, 0.3) is 5.56 Å². The van der Waals surface area contributed by atoms with Gasteiger partial charge in [0.2, 0.25) is 0 Å². The van der Waals surface area contributed by atoms with E-state index in [0.29, 0.717) is 16.6 Å². The van der Waals surface area contributed by atoms with Crippen molar-refractivity contribution in [1.29, 1.82) is 0 Å². The fraction of sp³-hybridized carbons (Fsp3) is 0.0870. The Morgan fingerprint density at radius 3 is 2.79 bits per heavy atom. The second-order valence-corrected chi connectivity index (χ2v) is 7.13. The predicted molar refractivity (Wildman–Crippen MR) is 111 cm³/mol. The first kappa shape index (κ1) is 17.3. The normalized spacial score (nSPS) is 12.8. The van der Waals surface area contributed by atoms with Crippen molar-refractivity contribution >= 4 is 16.7 Å². The molecule has 0 radical (unpaired) electrons. The van der Waals surface area contributed by atoms with Gasteiger partial charge in [-0.15, -0.1) is 0 Å². The molecule has 0 aliphatic carbocycles. The summed E-state index contributed by atoms with van der Waals surface area (Å²) in [5.41, 5.74) is 6.29. The van der Waals surface area contributed by atoms with Crippen LogP contribution in [-0.4, -0.2) is 14.5 Å². The van der Waals surface area contributed by atoms with Gasteiger partial charge in [0.15, 0.2) is 0 Å². The van der Waals surface area contributed by atoms with E-state index in [1.54, 1.807) is 24.5 Å². The van der Waals surface area contributed by atoms with Crippen molar-refractivity contribution in [1.82, 2.24) is 14.5 Å². The van der Waals surface area contributed by atoms with Crippen molar-refractivity contribution in [3.05, 3.63) is 101 Å². The van der Waals surface area contributed by atoms with Crippen LogP contribution in [0.4, 0.5) is 10.1 Å². The van der Waals surface area contributed by atoms with Crippen LogP contribution in [0.5, 0.6) is 0 Å². The minimum absolute atomic E-state index is 0.127. The third-order valence-electron chi connectivity index (χ3n) is 5.18. The highest BCUT2D eigenvalue weighted by Gasteiger charge is 2.15. The third kappa shape index (κ3) is 3.08. The molecule has 0 bridgehead atoms. The molecule has 3 heterocycles. The average Bonchev–Trinajstić information content (AvgIpc) is 3.10. The van der Waals surface area contributed by atoms with Crippen molar-refractivity contribution in [3.8, 4) is 11.1 Å². The number of rotatable bonds is 3. The third-order valence-corrected chi connectivity index (χ3v) is 5.18. The van der Waals surface area contributed by atoms with E-state index in [-0.39, 0.29) is 17.9 Å². The zero-order valence-electron chi connectivity index (χ0n) is 15.5. The lowest BCUT2D eigenvalue weighted by molar-refractivity contribution is 0.599. The molecule has 0 saturated heterocycles. The van der Waals surface area contributed by atoms with E-state index in [2.05, 4.69) is 27.9 Å². The topological polar surface area (TPSA) is 59.8 Å². The highest BCUT2D eigenvalue weighted by molar-refractivity contribution is 5.74. The van der Waals surface area contributed by atoms with Crippen molar-refractivity contribution in [2.75, 3.05) is 5.32 Å². The van der Waals surface area contributed by atoms with Gasteiger partial charge < -0.3 is 9.88 Å². The molecule has 0 spiro atoms. The molecule has 29 heavy (non-hydrogen) atoms. The minimum Gasteiger partial charge on any atom is -0.359 e. The molecule has 6 heteroatoms. The summed E-state index contributed by atoms with van der Waals surface area (Å²) in [4.78, 5) is 20.4. The fourth-order valence-corrected chi connectivity index (χ4v) is 3.71. The molecule has 0 fully saturated rings. The molecule has 0 atom stereocenters. The summed E-state index contributed by atoms with van der Waals surface area (Å²) in [5, 5.41) is 3.23. The van der Waals surface area contributed by atoms with E-state index in [0.717, 1.165) is 34.5 Å². The van der Waals surface area contributed by atoms with Gasteiger partial charge in [0.1, 0.15) is 11.3 Å². The molecule has 2 aromatic heterocycles. The van der Waals surface area contributed by atoms with Crippen LogP contribution in [0.3, 0.4) is 0 Å². The van der Waals surface area contributed by atoms with E-state index in [1.807, 2.05) is 18.2 Å². The molecular weight excluding hydrogens is 367 g/mol. The molecule has 1 aliphatic heterocycles. The summed E-state index contributed by atoms with van der Waals surface area (Å²) in [6, 6.07) is 12.9. The molecule has 142 valence electrons. The maximum absolute atomic E-state index is 14.9. The number of fused-ring (bicyclic) bond motifs is 2. The monoisotopic (exact) mass is 384 g/mol. The molecule has 0 amide bonds. The van der Waals surface area contributed by atoms with Gasteiger partial charge in [-0.2, -0.15) is 0 Å². The van der Waals surface area contributed by atoms with Gasteiger partial charge in [0.05, 0.1) is 24.5 Å². The van der Waals surface area contributed by atoms with Gasteiger partial charge in [-0.3, -0.25) is 9.78 Å². The summed E-state index contributed by atoms with van der Waals surface area (Å²) >= 11 is 0. The maximum atomic E-state index is 14.9. The van der Waals surface area contributed by atoms with Gasteiger partial charge >= 0.3 is 0 Å². The van der Waals surface area contributed by atoms with E-state index in [9.17, 15) is 9.18 Å².